The minimum atomic E-state index is -0.0349. The maximum absolute atomic E-state index is 12.3. The average molecular weight is 347 g/mol. The van der Waals surface area contributed by atoms with Crippen LogP contribution in [0.3, 0.4) is 0 Å². The Bertz CT molecular complexity index is 687. The van der Waals surface area contributed by atoms with Crippen LogP contribution in [-0.2, 0) is 17.8 Å². The molecule has 0 aliphatic carbocycles. The number of nitrogens with one attached hydrogen (secondary N) is 1. The van der Waals surface area contributed by atoms with Gasteiger partial charge < -0.3 is 19.0 Å². The summed E-state index contributed by atoms with van der Waals surface area (Å²) in [5.41, 5.74) is 0. The molecule has 0 unspecified atom stereocenters. The van der Waals surface area contributed by atoms with Crippen LogP contribution in [-0.4, -0.2) is 69.9 Å². The Morgan fingerprint density at radius 1 is 1.36 bits per heavy atom. The van der Waals surface area contributed by atoms with Crippen molar-refractivity contribution >= 4 is 5.91 Å². The summed E-state index contributed by atoms with van der Waals surface area (Å²) in [6, 6.07) is 3.45. The first-order valence-corrected chi connectivity index (χ1v) is 8.82. The molecule has 0 spiro atoms. The van der Waals surface area contributed by atoms with Gasteiger partial charge in [-0.3, -0.25) is 4.79 Å². The predicted molar refractivity (Wildman–Crippen MR) is 85.8 cm³/mol. The van der Waals surface area contributed by atoms with Crippen molar-refractivity contribution < 1.29 is 18.8 Å². The number of amides is 1. The molecule has 1 amide bonds. The van der Waals surface area contributed by atoms with Crippen LogP contribution in [0.5, 0.6) is 0 Å². The summed E-state index contributed by atoms with van der Waals surface area (Å²) in [6.07, 6.45) is 3.93. The zero-order chi connectivity index (χ0) is 17.1. The number of furan rings is 1. The molecule has 2 aliphatic heterocycles. The number of piperazine rings is 1. The molecule has 4 rings (SSSR count). The van der Waals surface area contributed by atoms with Gasteiger partial charge in [-0.05, 0) is 35.4 Å². The quantitative estimate of drug-likeness (QED) is 0.745. The smallest absolute Gasteiger partial charge is 0.289 e. The lowest BCUT2D eigenvalue weighted by Crippen LogP contribution is -3.13. The number of nitrogens with zero attached hydrogens (tertiary/aromatic N) is 5. The first-order chi connectivity index (χ1) is 12.3. The van der Waals surface area contributed by atoms with Crippen LogP contribution in [0.2, 0.25) is 0 Å². The lowest BCUT2D eigenvalue weighted by Gasteiger charge is -2.31. The maximum Gasteiger partial charge on any atom is 0.289 e. The highest BCUT2D eigenvalue weighted by Gasteiger charge is 2.27. The van der Waals surface area contributed by atoms with Gasteiger partial charge in [-0.2, -0.15) is 0 Å². The fourth-order valence-electron chi connectivity index (χ4n) is 3.46. The highest BCUT2D eigenvalue weighted by atomic mass is 16.5. The average Bonchev–Trinajstić information content (AvgIpc) is 3.39. The Balaban J connectivity index is 1.30. The van der Waals surface area contributed by atoms with Crippen LogP contribution >= 0.6 is 0 Å². The van der Waals surface area contributed by atoms with Crippen LogP contribution in [0.4, 0.5) is 0 Å². The Labute approximate surface area is 145 Å². The van der Waals surface area contributed by atoms with Crippen LogP contribution in [0, 0.1) is 0 Å². The lowest BCUT2D eigenvalue weighted by molar-refractivity contribution is -0.918. The predicted octanol–water partition coefficient (Wildman–Crippen LogP) is -1.01. The van der Waals surface area contributed by atoms with Gasteiger partial charge in [0, 0.05) is 6.61 Å². The van der Waals surface area contributed by atoms with Crippen LogP contribution in [0.25, 0.3) is 0 Å². The number of hydrogen-bond donors (Lipinski definition) is 1. The Hall–Kier alpha value is -2.26. The van der Waals surface area contributed by atoms with Crippen molar-refractivity contribution in [2.24, 2.45) is 0 Å². The number of tetrazole rings is 1. The fourth-order valence-corrected chi connectivity index (χ4v) is 3.46. The third-order valence-electron chi connectivity index (χ3n) is 4.90. The maximum atomic E-state index is 12.3. The topological polar surface area (TPSA) is 90.7 Å². The zero-order valence-electron chi connectivity index (χ0n) is 14.1. The second kappa shape index (κ2) is 7.32. The van der Waals surface area contributed by atoms with Crippen molar-refractivity contribution in [2.45, 2.75) is 32.0 Å². The standard InChI is InChI=1S/C16H22N6O3/c23-16(14-4-2-10-25-14)21-7-5-20(6-8-21)12-15-17-18-19-22(15)11-13-3-1-9-24-13/h2,4,10,13H,1,3,5-9,11-12H2/p+1/t13-/m0/s1. The van der Waals surface area contributed by atoms with Crippen molar-refractivity contribution in [3.8, 4) is 0 Å². The van der Waals surface area contributed by atoms with Crippen molar-refractivity contribution in [3.05, 3.63) is 30.0 Å². The van der Waals surface area contributed by atoms with Gasteiger partial charge in [-0.25, -0.2) is 4.68 Å². The van der Waals surface area contributed by atoms with Gasteiger partial charge in [0.25, 0.3) is 5.91 Å². The number of rotatable bonds is 5. The van der Waals surface area contributed by atoms with Gasteiger partial charge >= 0.3 is 0 Å². The molecule has 9 heteroatoms. The van der Waals surface area contributed by atoms with Gasteiger partial charge in [-0.1, -0.05) is 0 Å². The van der Waals surface area contributed by atoms with E-state index in [2.05, 4.69) is 15.5 Å². The molecule has 0 saturated carbocycles. The number of carbonyl (C=O) groups excluding carboxylic acids is 1. The van der Waals surface area contributed by atoms with E-state index < -0.39 is 0 Å². The molecule has 2 aromatic rings. The molecule has 4 heterocycles. The van der Waals surface area contributed by atoms with E-state index in [0.29, 0.717) is 18.8 Å². The minimum Gasteiger partial charge on any atom is -0.459 e. The number of carbonyl (C=O) groups is 1. The Kier molecular flexibility index (Phi) is 4.75. The SMILES string of the molecule is O=C(c1ccco1)N1CC[NH+](Cc2nnnn2C[C@@H]2CCCO2)CC1. The molecule has 2 aliphatic rings. The van der Waals surface area contributed by atoms with Crippen molar-refractivity contribution in [1.29, 1.82) is 0 Å². The van der Waals surface area contributed by atoms with E-state index in [4.69, 9.17) is 9.15 Å². The van der Waals surface area contributed by atoms with Crippen molar-refractivity contribution in [3.63, 3.8) is 0 Å². The lowest BCUT2D eigenvalue weighted by atomic mass is 10.2. The number of hydrogen-bond acceptors (Lipinski definition) is 6. The highest BCUT2D eigenvalue weighted by molar-refractivity contribution is 5.91. The molecule has 0 bridgehead atoms. The molecule has 1 atom stereocenters. The second-order valence-electron chi connectivity index (χ2n) is 6.61. The molecule has 2 aromatic heterocycles. The molecular formula is C16H23N6O3+. The molecule has 0 radical (unpaired) electrons. The summed E-state index contributed by atoms with van der Waals surface area (Å²) in [5.74, 6) is 1.26. The van der Waals surface area contributed by atoms with Gasteiger partial charge in [0.05, 0.1) is 45.1 Å². The zero-order valence-corrected chi connectivity index (χ0v) is 14.1. The first-order valence-electron chi connectivity index (χ1n) is 8.82. The van der Waals surface area contributed by atoms with E-state index in [-0.39, 0.29) is 12.0 Å². The van der Waals surface area contributed by atoms with E-state index in [1.807, 2.05) is 9.58 Å². The van der Waals surface area contributed by atoms with Crippen LogP contribution < -0.4 is 4.90 Å². The molecule has 0 aromatic carbocycles. The van der Waals surface area contributed by atoms with Gasteiger partial charge in [0.2, 0.25) is 5.82 Å². The first kappa shape index (κ1) is 16.2. The van der Waals surface area contributed by atoms with E-state index in [0.717, 1.165) is 51.5 Å². The number of ether oxygens (including phenoxy) is 1. The summed E-state index contributed by atoms with van der Waals surface area (Å²) in [7, 11) is 0. The largest absolute Gasteiger partial charge is 0.459 e. The summed E-state index contributed by atoms with van der Waals surface area (Å²) in [6.45, 7) is 5.49. The summed E-state index contributed by atoms with van der Waals surface area (Å²) < 4.78 is 12.7. The van der Waals surface area contributed by atoms with Gasteiger partial charge in [0.1, 0.15) is 6.54 Å². The molecule has 1 N–H and O–H groups in total. The highest BCUT2D eigenvalue weighted by Crippen LogP contribution is 2.13. The van der Waals surface area contributed by atoms with Crippen LogP contribution in [0.15, 0.2) is 22.8 Å². The molecule has 9 nitrogen and oxygen atoms in total. The van der Waals surface area contributed by atoms with Crippen LogP contribution in [0.1, 0.15) is 29.2 Å². The Morgan fingerprint density at radius 3 is 2.96 bits per heavy atom. The summed E-state index contributed by atoms with van der Waals surface area (Å²) in [5, 5.41) is 12.1. The van der Waals surface area contributed by atoms with Crippen molar-refractivity contribution in [2.75, 3.05) is 32.8 Å². The number of aromatic nitrogens is 4. The van der Waals surface area contributed by atoms with E-state index in [1.54, 1.807) is 12.1 Å². The third-order valence-corrected chi connectivity index (χ3v) is 4.90. The molecule has 25 heavy (non-hydrogen) atoms. The van der Waals surface area contributed by atoms with E-state index >= 15 is 0 Å². The normalized spacial score (nSPS) is 21.8. The third kappa shape index (κ3) is 3.72. The van der Waals surface area contributed by atoms with Crippen molar-refractivity contribution in [1.82, 2.24) is 25.1 Å². The van der Waals surface area contributed by atoms with Gasteiger partial charge in [-0.15, -0.1) is 5.10 Å². The van der Waals surface area contributed by atoms with Gasteiger partial charge in [0.15, 0.2) is 5.76 Å². The molecule has 2 saturated heterocycles. The Morgan fingerprint density at radius 2 is 2.24 bits per heavy atom. The molecule has 2 fully saturated rings. The molecular weight excluding hydrogens is 324 g/mol. The molecule has 134 valence electrons. The second-order valence-corrected chi connectivity index (χ2v) is 6.61. The summed E-state index contributed by atoms with van der Waals surface area (Å²) in [4.78, 5) is 15.5. The van der Waals surface area contributed by atoms with E-state index in [1.165, 1.54) is 11.2 Å². The summed E-state index contributed by atoms with van der Waals surface area (Å²) >= 11 is 0. The fraction of sp³-hybridized carbons (Fsp3) is 0.625. The monoisotopic (exact) mass is 347 g/mol. The van der Waals surface area contributed by atoms with E-state index in [9.17, 15) is 4.79 Å². The number of quaternary nitrogens is 1. The minimum absolute atomic E-state index is 0.0349.